The lowest BCUT2D eigenvalue weighted by molar-refractivity contribution is -0.383. The number of amides is 3. The molecule has 8 rings (SSSR count). The summed E-state index contributed by atoms with van der Waals surface area (Å²) in [6, 6.07) is 20.4. The van der Waals surface area contributed by atoms with Crippen molar-refractivity contribution in [3.63, 3.8) is 0 Å². The van der Waals surface area contributed by atoms with Crippen LogP contribution in [0.25, 0.3) is 43.6 Å². The Morgan fingerprint density at radius 2 is 0.728 bits per heavy atom. The number of carboxylic acids is 1. The maximum absolute atomic E-state index is 12.3. The summed E-state index contributed by atoms with van der Waals surface area (Å²) in [5, 5.41) is 61.1. The van der Waals surface area contributed by atoms with Crippen molar-refractivity contribution < 1.29 is 106 Å². The van der Waals surface area contributed by atoms with E-state index >= 15 is 0 Å². The molecule has 0 bridgehead atoms. The number of hydrogen-bond acceptors (Lipinski definition) is 34. The van der Waals surface area contributed by atoms with E-state index in [-0.39, 0.29) is 75.3 Å². The molecule has 4 atom stereocenters. The number of nitrogens with zero attached hydrogens (tertiary/aromatic N) is 8. The molecule has 4 aromatic heterocycles. The van der Waals surface area contributed by atoms with Gasteiger partial charge in [0.2, 0.25) is 31.5 Å². The summed E-state index contributed by atoms with van der Waals surface area (Å²) in [5.74, 6) is -0.695. The molecule has 0 aliphatic carbocycles. The number of aromatic nitrogens is 4. The summed E-state index contributed by atoms with van der Waals surface area (Å²) >= 11 is 15.6. The highest BCUT2D eigenvalue weighted by Crippen LogP contribution is 2.35. The molecule has 4 aromatic carbocycles. The van der Waals surface area contributed by atoms with Crippen LogP contribution in [0.1, 0.15) is 55.4 Å². The summed E-state index contributed by atoms with van der Waals surface area (Å²) in [6.07, 6.45) is 11.8. The van der Waals surface area contributed by atoms with Crippen LogP contribution in [0.2, 0.25) is 0 Å². The molecular formula is C70H82Cl2N12O26S4. The van der Waals surface area contributed by atoms with Gasteiger partial charge in [0.25, 0.3) is 22.7 Å². The average molecular weight is 1710 g/mol. The van der Waals surface area contributed by atoms with Gasteiger partial charge in [0.1, 0.15) is 80.4 Å². The zero-order valence-electron chi connectivity index (χ0n) is 63.2. The molecule has 0 saturated heterocycles. The van der Waals surface area contributed by atoms with Gasteiger partial charge in [-0.2, -0.15) is 47.0 Å². The van der Waals surface area contributed by atoms with Crippen LogP contribution in [-0.2, 0) is 52.5 Å². The zero-order chi connectivity index (χ0) is 85.4. The van der Waals surface area contributed by atoms with Crippen LogP contribution in [0.15, 0.2) is 122 Å². The third-order valence-corrected chi connectivity index (χ3v) is 16.2. The highest BCUT2D eigenvalue weighted by atomic mass is 35.5. The Balaban J connectivity index is 0.000000372. The number of carbonyl (C=O) groups is 8. The van der Waals surface area contributed by atoms with E-state index in [1.54, 1.807) is 115 Å². The first-order valence-electron chi connectivity index (χ1n) is 32.9. The summed E-state index contributed by atoms with van der Waals surface area (Å²) in [5.41, 5.74) is 5.36. The molecule has 0 saturated carbocycles. The van der Waals surface area contributed by atoms with Gasteiger partial charge in [-0.3, -0.25) is 74.8 Å². The first kappa shape index (κ1) is 97.0. The number of nitrogens with one attached hydrogen (secondary N) is 3. The number of carboxylic acid groups (broad SMARTS) is 1. The number of nitrogens with two attached hydrogens (primary N) is 1. The van der Waals surface area contributed by atoms with Crippen LogP contribution in [0, 0.1) is 40.5 Å². The molecule has 4 heterocycles. The van der Waals surface area contributed by atoms with Gasteiger partial charge in [-0.1, -0.05) is 11.6 Å². The predicted molar refractivity (Wildman–Crippen MR) is 429 cm³/mol. The van der Waals surface area contributed by atoms with Gasteiger partial charge in [0, 0.05) is 85.9 Å². The molecule has 44 heteroatoms. The minimum absolute atomic E-state index is 0.00465. The highest BCUT2D eigenvalue weighted by molar-refractivity contribution is 7.99. The number of nitro groups is 4. The number of ether oxygens (including phenoxy) is 9. The zero-order valence-corrected chi connectivity index (χ0v) is 68.0. The van der Waals surface area contributed by atoms with Crippen LogP contribution in [0.5, 0.6) is 23.0 Å². The molecule has 6 N–H and O–H groups in total. The maximum atomic E-state index is 12.3. The summed E-state index contributed by atoms with van der Waals surface area (Å²) in [7, 11) is 0. The Morgan fingerprint density at radius 1 is 0.456 bits per heavy atom. The van der Waals surface area contributed by atoms with Gasteiger partial charge in [-0.25, -0.2) is 24.0 Å². The predicted octanol–water partition coefficient (Wildman–Crippen LogP) is 11.7. The van der Waals surface area contributed by atoms with Crippen LogP contribution in [-0.4, -0.2) is 202 Å². The quantitative estimate of drug-likeness (QED) is 0.00531. The van der Waals surface area contributed by atoms with E-state index in [1.807, 2.05) is 6.26 Å². The minimum Gasteiger partial charge on any atom is -0.480 e. The number of rotatable bonds is 30. The van der Waals surface area contributed by atoms with Gasteiger partial charge in [0.15, 0.2) is 6.07 Å². The van der Waals surface area contributed by atoms with E-state index in [0.717, 1.165) is 0 Å². The lowest BCUT2D eigenvalue weighted by atomic mass is 10.1. The van der Waals surface area contributed by atoms with Crippen molar-refractivity contribution in [1.29, 1.82) is 0 Å². The van der Waals surface area contributed by atoms with E-state index < -0.39 is 105 Å². The Labute approximate surface area is 677 Å². The molecular weight excluding hydrogens is 1620 g/mol. The minimum atomic E-state index is -1.06. The van der Waals surface area contributed by atoms with Gasteiger partial charge < -0.3 is 69.4 Å². The molecule has 616 valence electrons. The van der Waals surface area contributed by atoms with Crippen molar-refractivity contribution >= 4 is 184 Å². The monoisotopic (exact) mass is 1700 g/mol. The second kappa shape index (κ2) is 49.3. The molecule has 0 unspecified atom stereocenters. The van der Waals surface area contributed by atoms with E-state index in [9.17, 15) is 78.8 Å². The van der Waals surface area contributed by atoms with Crippen molar-refractivity contribution in [1.82, 2.24) is 35.9 Å². The summed E-state index contributed by atoms with van der Waals surface area (Å²) in [4.78, 5) is 149. The van der Waals surface area contributed by atoms with Crippen LogP contribution >= 0.6 is 70.2 Å². The Bertz CT molecular complexity index is 4640. The number of thioether (sulfide) groups is 4. The van der Waals surface area contributed by atoms with Crippen molar-refractivity contribution in [2.45, 2.75) is 90.8 Å². The fraction of sp³-hybridized carbons (Fsp3) is 0.371. The number of aliphatic carboxylic acids is 1. The number of alkyl carbamates (subject to hydrolysis) is 2. The normalized spacial score (nSPS) is 11.6. The lowest BCUT2D eigenvalue weighted by Gasteiger charge is -2.22. The number of halogens is 2. The molecule has 114 heavy (non-hydrogen) atoms. The summed E-state index contributed by atoms with van der Waals surface area (Å²) in [6.45, 7) is 11.7. The van der Waals surface area contributed by atoms with Crippen molar-refractivity contribution in [2.75, 3.05) is 74.5 Å². The fourth-order valence-corrected chi connectivity index (χ4v) is 11.1. The molecule has 0 fully saturated rings. The molecule has 8 aromatic rings. The number of hydrogen-bond donors (Lipinski definition) is 5. The SMILES string of the molecule is CC(=O)Cl.CSC[C@H](N)C(=O)OCOc1ccc([N+](=O)[O-])c2cccnc12.CSC[C@H](NC(=O)OC(C)(C)C)C(=O)O.CSC[C@H](NC(=O)OC(C)(C)C)C(=O)OCOc1ccc([N+](=O)[O-])c2cccnc12.CSC[C@H](NC(C)=O)C(=O)OCOc1ccc([N+](=O)[O-])c2cccnc12.O=[N+]([O-])c1ccc(OCCl)c2ncccc12. The molecule has 0 spiro atoms. The largest absolute Gasteiger partial charge is 0.480 e. The Morgan fingerprint density at radius 3 is 0.991 bits per heavy atom. The first-order valence-corrected chi connectivity index (χ1v) is 39.3. The van der Waals surface area contributed by atoms with Crippen molar-refractivity contribution in [2.24, 2.45) is 5.73 Å². The van der Waals surface area contributed by atoms with Gasteiger partial charge in [0.05, 0.1) is 41.2 Å². The van der Waals surface area contributed by atoms with Crippen molar-refractivity contribution in [3.05, 3.63) is 162 Å². The first-order chi connectivity index (χ1) is 53.8. The van der Waals surface area contributed by atoms with Crippen molar-refractivity contribution in [3.8, 4) is 23.0 Å². The number of esters is 3. The van der Waals surface area contributed by atoms with Crippen LogP contribution < -0.4 is 40.6 Å². The molecule has 0 radical (unpaired) electrons. The number of pyridine rings is 4. The number of benzene rings is 4. The van der Waals surface area contributed by atoms with E-state index in [4.69, 9.17) is 65.1 Å². The smallest absolute Gasteiger partial charge is 0.408 e. The second-order valence-electron chi connectivity index (χ2n) is 24.3. The molecule has 0 aliphatic heterocycles. The van der Waals surface area contributed by atoms with E-state index in [2.05, 4.69) is 47.5 Å². The third-order valence-electron chi connectivity index (χ3n) is 13.4. The molecule has 3 amide bonds. The Kier molecular flexibility index (Phi) is 42.0. The average Bonchev–Trinajstić information content (AvgIpc) is 0.816. The highest BCUT2D eigenvalue weighted by Gasteiger charge is 2.28. The van der Waals surface area contributed by atoms with Gasteiger partial charge in [-0.15, -0.1) is 0 Å². The fourth-order valence-electron chi connectivity index (χ4n) is 8.85. The lowest BCUT2D eigenvalue weighted by Crippen LogP contribution is -2.46. The van der Waals surface area contributed by atoms with Gasteiger partial charge >= 0.3 is 36.1 Å². The Hall–Kier alpha value is -11.2. The number of fused-ring (bicyclic) bond motifs is 4. The van der Waals surface area contributed by atoms with Crippen LogP contribution in [0.4, 0.5) is 32.3 Å². The summed E-state index contributed by atoms with van der Waals surface area (Å²) < 4.78 is 46.5. The van der Waals surface area contributed by atoms with E-state index in [1.165, 1.54) is 128 Å². The molecule has 38 nitrogen and oxygen atoms in total. The second-order valence-corrected chi connectivity index (χ2v) is 28.7. The molecule has 0 aliphatic rings. The number of nitro benzene ring substituents is 4. The standard InChI is InChI=1S/C19H23N3O7S.C16H17N3O6S.C14H15N3O5S.C10H7ClN2O3.C9H17NO4S.C2H3ClO/c1-19(2,3)29-18(24)21-13(10-30-4)17(23)28-11-27-15-8-7-14(22(25)26)12-6-5-9-20-16(12)15;1-10(20)18-12(8-26-2)16(21)25-9-24-14-6-5-13(19(22)23)11-4-3-7-17-15(11)14;1-23-7-10(15)14(18)22-8-21-12-5-4-11(17(19)20)9-3-2-6-16-13(9)12;11-6-16-9-4-3-8(13(14)15)7-2-1-5-12-10(7)9;1-9(2,3)14-8(13)10-6(5-15-4)7(11)12;1-2(3)4/h5-9,13H,10-11H2,1-4H3,(H,21,24);3-7,12H,8-9H2,1-2H3,(H,18,20);2-6,10H,7-8,15H2,1H3;1-5H,6H2;6H,5H2,1-4H3,(H,10,13)(H,11,12);1H3/t13-;12-;10-;;6-;/m000.0./s1. The van der Waals surface area contributed by atoms with Crippen LogP contribution in [0.3, 0.4) is 0 Å². The third kappa shape index (κ3) is 34.0. The van der Waals surface area contributed by atoms with E-state index in [0.29, 0.717) is 61.1 Å². The maximum Gasteiger partial charge on any atom is 0.408 e. The number of carbonyl (C=O) groups excluding carboxylic acids is 7. The van der Waals surface area contributed by atoms with Gasteiger partial charge in [-0.05, 0) is 151 Å². The number of non-ortho nitro benzene ring substituents is 4. The topological polar surface area (TPSA) is 526 Å². The number of alkyl halides is 1.